The molecule has 0 aromatic rings. The lowest BCUT2D eigenvalue weighted by atomic mass is 9.96. The number of nitrogens with one attached hydrogen (secondary N) is 1. The van der Waals surface area contributed by atoms with E-state index in [1.54, 1.807) is 6.92 Å². The van der Waals surface area contributed by atoms with E-state index < -0.39 is 11.5 Å². The second-order valence-corrected chi connectivity index (χ2v) is 4.85. The van der Waals surface area contributed by atoms with Gasteiger partial charge in [0.15, 0.2) is 0 Å². The van der Waals surface area contributed by atoms with Crippen LogP contribution in [0.4, 0.5) is 0 Å². The van der Waals surface area contributed by atoms with Crippen LogP contribution in [0.3, 0.4) is 0 Å². The van der Waals surface area contributed by atoms with E-state index in [9.17, 15) is 4.79 Å². The van der Waals surface area contributed by atoms with E-state index in [2.05, 4.69) is 19.2 Å². The molecule has 0 aliphatic carbocycles. The molecule has 0 aliphatic rings. The van der Waals surface area contributed by atoms with Crippen LogP contribution in [-0.2, 0) is 4.79 Å². The molecule has 0 heterocycles. The van der Waals surface area contributed by atoms with Gasteiger partial charge in [-0.05, 0) is 38.6 Å². The molecule has 3 nitrogen and oxygen atoms in total. The second kappa shape index (κ2) is 6.83. The van der Waals surface area contributed by atoms with Gasteiger partial charge in [-0.3, -0.25) is 4.79 Å². The molecule has 0 aliphatic heterocycles. The van der Waals surface area contributed by atoms with Crippen LogP contribution in [0.5, 0.6) is 0 Å². The molecule has 0 amide bonds. The van der Waals surface area contributed by atoms with Crippen LogP contribution >= 0.6 is 0 Å². The lowest BCUT2D eigenvalue weighted by Crippen LogP contribution is -2.49. The summed E-state index contributed by atoms with van der Waals surface area (Å²) in [5.41, 5.74) is -0.744. The fourth-order valence-corrected chi connectivity index (χ4v) is 1.65. The van der Waals surface area contributed by atoms with Crippen LogP contribution in [0.25, 0.3) is 0 Å². The molecule has 0 radical (unpaired) electrons. The summed E-state index contributed by atoms with van der Waals surface area (Å²) in [5.74, 6) is -0.0528. The van der Waals surface area contributed by atoms with Gasteiger partial charge in [0.2, 0.25) is 0 Å². The Morgan fingerprint density at radius 1 is 1.47 bits per heavy atom. The molecular weight excluding hydrogens is 190 g/mol. The zero-order valence-electron chi connectivity index (χ0n) is 10.5. The van der Waals surface area contributed by atoms with Crippen LogP contribution < -0.4 is 5.32 Å². The quantitative estimate of drug-likeness (QED) is 0.612. The van der Waals surface area contributed by atoms with Crippen LogP contribution in [0.15, 0.2) is 0 Å². The summed E-state index contributed by atoms with van der Waals surface area (Å²) in [5, 5.41) is 12.3. The van der Waals surface area contributed by atoms with Gasteiger partial charge in [-0.2, -0.15) is 0 Å². The molecule has 0 aromatic heterocycles. The van der Waals surface area contributed by atoms with Crippen LogP contribution in [0.2, 0.25) is 0 Å². The highest BCUT2D eigenvalue weighted by Crippen LogP contribution is 2.13. The van der Waals surface area contributed by atoms with Crippen LogP contribution in [0, 0.1) is 5.92 Å². The average molecular weight is 215 g/mol. The number of hydrogen-bond acceptors (Lipinski definition) is 2. The predicted molar refractivity (Wildman–Crippen MR) is 63.0 cm³/mol. The standard InChI is InChI=1S/C12H25NO2/c1-5-8-12(4,11(14)15)13-9-6-7-10(2)3/h10,13H,5-9H2,1-4H3,(H,14,15). The van der Waals surface area contributed by atoms with Crippen molar-refractivity contribution in [3.05, 3.63) is 0 Å². The Labute approximate surface area is 93.3 Å². The molecular formula is C12H25NO2. The van der Waals surface area contributed by atoms with Gasteiger partial charge < -0.3 is 10.4 Å². The minimum Gasteiger partial charge on any atom is -0.480 e. The zero-order chi connectivity index (χ0) is 11.9. The van der Waals surface area contributed by atoms with E-state index in [0.29, 0.717) is 12.3 Å². The van der Waals surface area contributed by atoms with Crippen molar-refractivity contribution >= 4 is 5.97 Å². The SMILES string of the molecule is CCCC(C)(NCCCC(C)C)C(=O)O. The molecule has 1 atom stereocenters. The maximum atomic E-state index is 11.1. The minimum absolute atomic E-state index is 0.685. The summed E-state index contributed by atoms with van der Waals surface area (Å²) in [7, 11) is 0. The highest BCUT2D eigenvalue weighted by molar-refractivity contribution is 5.78. The number of carboxylic acid groups (broad SMARTS) is 1. The van der Waals surface area contributed by atoms with Gasteiger partial charge >= 0.3 is 5.97 Å². The first-order chi connectivity index (χ1) is 6.92. The Kier molecular flexibility index (Phi) is 6.57. The Balaban J connectivity index is 3.92. The van der Waals surface area contributed by atoms with E-state index in [0.717, 1.165) is 25.8 Å². The topological polar surface area (TPSA) is 49.3 Å². The number of rotatable bonds is 8. The van der Waals surface area contributed by atoms with Crippen LogP contribution in [-0.4, -0.2) is 23.2 Å². The number of hydrogen-bond donors (Lipinski definition) is 2. The minimum atomic E-state index is -0.744. The maximum absolute atomic E-state index is 11.1. The van der Waals surface area contributed by atoms with Gasteiger partial charge in [-0.1, -0.05) is 27.2 Å². The smallest absolute Gasteiger partial charge is 0.323 e. The third-order valence-corrected chi connectivity index (χ3v) is 2.70. The lowest BCUT2D eigenvalue weighted by molar-refractivity contribution is -0.144. The molecule has 2 N–H and O–H groups in total. The number of carbonyl (C=O) groups is 1. The van der Waals surface area contributed by atoms with Crippen molar-refractivity contribution in [2.45, 2.75) is 58.9 Å². The number of aliphatic carboxylic acids is 1. The Morgan fingerprint density at radius 3 is 2.47 bits per heavy atom. The van der Waals surface area contributed by atoms with Crippen molar-refractivity contribution in [3.63, 3.8) is 0 Å². The summed E-state index contributed by atoms with van der Waals surface area (Å²) in [6.45, 7) is 8.94. The van der Waals surface area contributed by atoms with Crippen molar-refractivity contribution in [3.8, 4) is 0 Å². The van der Waals surface area contributed by atoms with Crippen molar-refractivity contribution in [1.29, 1.82) is 0 Å². The molecule has 0 spiro atoms. The summed E-state index contributed by atoms with van der Waals surface area (Å²) < 4.78 is 0. The van der Waals surface area contributed by atoms with Crippen LogP contribution in [0.1, 0.15) is 53.4 Å². The predicted octanol–water partition coefficient (Wildman–Crippen LogP) is 2.66. The largest absolute Gasteiger partial charge is 0.480 e. The van der Waals surface area contributed by atoms with E-state index in [1.165, 1.54) is 0 Å². The first kappa shape index (κ1) is 14.4. The Hall–Kier alpha value is -0.570. The molecule has 0 saturated carbocycles. The highest BCUT2D eigenvalue weighted by Gasteiger charge is 2.30. The molecule has 3 heteroatoms. The summed E-state index contributed by atoms with van der Waals surface area (Å²) >= 11 is 0. The van der Waals surface area contributed by atoms with Gasteiger partial charge in [0.05, 0.1) is 0 Å². The first-order valence-corrected chi connectivity index (χ1v) is 5.90. The summed E-state index contributed by atoms with van der Waals surface area (Å²) in [6.07, 6.45) is 3.77. The average Bonchev–Trinajstić information content (AvgIpc) is 2.12. The van der Waals surface area contributed by atoms with Crippen molar-refractivity contribution in [2.75, 3.05) is 6.54 Å². The molecule has 0 saturated heterocycles. The fourth-order valence-electron chi connectivity index (χ4n) is 1.65. The third kappa shape index (κ3) is 5.78. The molecule has 15 heavy (non-hydrogen) atoms. The van der Waals surface area contributed by atoms with E-state index >= 15 is 0 Å². The van der Waals surface area contributed by atoms with Crippen molar-refractivity contribution in [1.82, 2.24) is 5.32 Å². The molecule has 0 bridgehead atoms. The number of carboxylic acids is 1. The molecule has 0 fully saturated rings. The molecule has 0 rings (SSSR count). The van der Waals surface area contributed by atoms with Crippen molar-refractivity contribution in [2.24, 2.45) is 5.92 Å². The molecule has 90 valence electrons. The van der Waals surface area contributed by atoms with E-state index in [-0.39, 0.29) is 0 Å². The maximum Gasteiger partial charge on any atom is 0.323 e. The lowest BCUT2D eigenvalue weighted by Gasteiger charge is -2.26. The Bertz CT molecular complexity index is 192. The summed E-state index contributed by atoms with van der Waals surface area (Å²) in [4.78, 5) is 11.1. The van der Waals surface area contributed by atoms with Gasteiger partial charge in [-0.15, -0.1) is 0 Å². The molecule has 1 unspecified atom stereocenters. The van der Waals surface area contributed by atoms with Gasteiger partial charge in [0.25, 0.3) is 0 Å². The monoisotopic (exact) mass is 215 g/mol. The van der Waals surface area contributed by atoms with Gasteiger partial charge in [0.1, 0.15) is 5.54 Å². The zero-order valence-corrected chi connectivity index (χ0v) is 10.5. The fraction of sp³-hybridized carbons (Fsp3) is 0.917. The first-order valence-electron chi connectivity index (χ1n) is 5.90. The summed E-state index contributed by atoms with van der Waals surface area (Å²) in [6, 6.07) is 0. The van der Waals surface area contributed by atoms with Gasteiger partial charge in [0, 0.05) is 0 Å². The third-order valence-electron chi connectivity index (χ3n) is 2.70. The van der Waals surface area contributed by atoms with E-state index in [4.69, 9.17) is 5.11 Å². The van der Waals surface area contributed by atoms with E-state index in [1.807, 2.05) is 6.92 Å². The highest BCUT2D eigenvalue weighted by atomic mass is 16.4. The Morgan fingerprint density at radius 2 is 2.07 bits per heavy atom. The normalized spacial score (nSPS) is 15.3. The van der Waals surface area contributed by atoms with Gasteiger partial charge in [-0.25, -0.2) is 0 Å². The second-order valence-electron chi connectivity index (χ2n) is 4.85. The molecule has 0 aromatic carbocycles. The van der Waals surface area contributed by atoms with Crippen molar-refractivity contribution < 1.29 is 9.90 Å².